The second-order valence-corrected chi connectivity index (χ2v) is 8.09. The summed E-state index contributed by atoms with van der Waals surface area (Å²) >= 11 is 0. The van der Waals surface area contributed by atoms with Gasteiger partial charge in [0.25, 0.3) is 10.1 Å². The fourth-order valence-electron chi connectivity index (χ4n) is 1.97. The topological polar surface area (TPSA) is 133 Å². The molecule has 162 valence electrons. The van der Waals surface area contributed by atoms with Crippen molar-refractivity contribution in [2.24, 2.45) is 5.41 Å². The van der Waals surface area contributed by atoms with Crippen LogP contribution < -0.4 is 29.6 Å². The molecule has 0 saturated heterocycles. The Morgan fingerprint density at radius 1 is 1.00 bits per heavy atom. The minimum absolute atomic E-state index is 0. The smallest absolute Gasteiger partial charge is 1.00 e. The summed E-state index contributed by atoms with van der Waals surface area (Å²) in [7, 11) is -4.33. The summed E-state index contributed by atoms with van der Waals surface area (Å²) < 4.78 is 45.6. The molecule has 0 aromatic rings. The van der Waals surface area contributed by atoms with Gasteiger partial charge in [0, 0.05) is 11.1 Å². The number of carbonyl (C=O) groups is 3. The molecule has 0 radical (unpaired) electrons. The maximum absolute atomic E-state index is 12.7. The van der Waals surface area contributed by atoms with Crippen LogP contribution in [0.2, 0.25) is 0 Å². The summed E-state index contributed by atoms with van der Waals surface area (Å²) in [4.78, 5) is 36.2. The Hall–Kier alpha value is -1.20. The maximum atomic E-state index is 12.7. The fraction of sp³-hybridized carbons (Fsp3) is 0.611. The summed E-state index contributed by atoms with van der Waals surface area (Å²) in [5, 5.41) is 0. The second-order valence-electron chi connectivity index (χ2n) is 6.52. The van der Waals surface area contributed by atoms with Gasteiger partial charge in [0.2, 0.25) is 0 Å². The zero-order valence-corrected chi connectivity index (χ0v) is 20.3. The Balaban J connectivity index is -0.00000364. The summed E-state index contributed by atoms with van der Waals surface area (Å²) in [6.45, 7) is 10.1. The number of esters is 3. The molecule has 0 aliphatic rings. The van der Waals surface area contributed by atoms with Crippen molar-refractivity contribution in [2.75, 3.05) is 25.6 Å². The van der Waals surface area contributed by atoms with E-state index in [1.807, 2.05) is 6.92 Å². The predicted octanol–water partition coefficient (Wildman–Crippen LogP) is -1.05. The van der Waals surface area contributed by atoms with Gasteiger partial charge in [-0.25, -0.2) is 9.59 Å². The third-order valence-corrected chi connectivity index (χ3v) is 4.35. The first-order valence-corrected chi connectivity index (χ1v) is 10.2. The van der Waals surface area contributed by atoms with Crippen molar-refractivity contribution in [3.05, 3.63) is 24.3 Å². The molecule has 0 unspecified atom stereocenters. The van der Waals surface area contributed by atoms with E-state index < -0.39 is 59.0 Å². The number of ether oxygens (including phenoxy) is 3. The Labute approximate surface area is 195 Å². The second kappa shape index (κ2) is 13.9. The average molecular weight is 444 g/mol. The van der Waals surface area contributed by atoms with Gasteiger partial charge in [0.15, 0.2) is 0 Å². The first-order chi connectivity index (χ1) is 12.8. The van der Waals surface area contributed by atoms with Crippen molar-refractivity contribution >= 4 is 28.0 Å². The van der Waals surface area contributed by atoms with E-state index in [4.69, 9.17) is 18.8 Å². The summed E-state index contributed by atoms with van der Waals surface area (Å²) in [6.07, 6.45) is 1.35. The molecule has 11 heteroatoms. The molecule has 0 aliphatic carbocycles. The van der Waals surface area contributed by atoms with Crippen molar-refractivity contribution in [3.63, 3.8) is 0 Å². The largest absolute Gasteiger partial charge is 1.00 e. The number of carbonyl (C=O) groups excluding carboxylic acids is 3. The van der Waals surface area contributed by atoms with Crippen LogP contribution in [0.5, 0.6) is 0 Å². The van der Waals surface area contributed by atoms with E-state index in [-0.39, 0.29) is 48.6 Å². The van der Waals surface area contributed by atoms with E-state index in [1.165, 1.54) is 13.8 Å². The Kier molecular flexibility index (Phi) is 14.4. The van der Waals surface area contributed by atoms with Crippen LogP contribution in [0, 0.1) is 5.41 Å². The van der Waals surface area contributed by atoms with E-state index in [0.717, 1.165) is 0 Å². The van der Waals surface area contributed by atoms with Crippen LogP contribution in [-0.2, 0) is 38.7 Å². The minimum atomic E-state index is -4.33. The summed E-state index contributed by atoms with van der Waals surface area (Å²) in [5.41, 5.74) is -1.31. The standard InChI is InChI=1S/C18H28O9S.Na.H/c1-6-7-8-18(11-26-15(19)13(2)3,12-27-16(20)14(4)5)17(21)25-9-10-28(22,23)24;;/h2,4,6-12H2,1,3,5H3,(H,22,23,24);;/q;+1;-1. The molecule has 0 aromatic carbocycles. The van der Waals surface area contributed by atoms with Crippen molar-refractivity contribution in [2.45, 2.75) is 40.0 Å². The molecular weight excluding hydrogens is 415 g/mol. The molecule has 29 heavy (non-hydrogen) atoms. The summed E-state index contributed by atoms with van der Waals surface area (Å²) in [6, 6.07) is 0. The van der Waals surface area contributed by atoms with Crippen LogP contribution in [0.25, 0.3) is 0 Å². The van der Waals surface area contributed by atoms with Gasteiger partial charge in [0.1, 0.15) is 31.0 Å². The average Bonchev–Trinajstić information content (AvgIpc) is 2.59. The molecule has 1 N–H and O–H groups in total. The van der Waals surface area contributed by atoms with Gasteiger partial charge in [-0.2, -0.15) is 8.42 Å². The third-order valence-electron chi connectivity index (χ3n) is 3.67. The third kappa shape index (κ3) is 12.2. The molecule has 0 aromatic heterocycles. The molecule has 0 atom stereocenters. The predicted molar refractivity (Wildman–Crippen MR) is 102 cm³/mol. The van der Waals surface area contributed by atoms with Gasteiger partial charge >= 0.3 is 47.5 Å². The maximum Gasteiger partial charge on any atom is 1.00 e. The number of unbranched alkanes of at least 4 members (excludes halogenated alkanes) is 1. The Morgan fingerprint density at radius 3 is 1.79 bits per heavy atom. The van der Waals surface area contributed by atoms with E-state index in [1.54, 1.807) is 0 Å². The van der Waals surface area contributed by atoms with Crippen LogP contribution in [0.3, 0.4) is 0 Å². The van der Waals surface area contributed by atoms with E-state index >= 15 is 0 Å². The molecule has 0 bridgehead atoms. The van der Waals surface area contributed by atoms with Gasteiger partial charge in [-0.1, -0.05) is 32.9 Å². The normalized spacial score (nSPS) is 11.0. The van der Waals surface area contributed by atoms with E-state index in [9.17, 15) is 22.8 Å². The van der Waals surface area contributed by atoms with Crippen molar-refractivity contribution < 1.29 is 72.5 Å². The van der Waals surface area contributed by atoms with Crippen LogP contribution >= 0.6 is 0 Å². The quantitative estimate of drug-likeness (QED) is 0.124. The Morgan fingerprint density at radius 2 is 1.45 bits per heavy atom. The van der Waals surface area contributed by atoms with Gasteiger partial charge in [-0.3, -0.25) is 9.35 Å². The van der Waals surface area contributed by atoms with Gasteiger partial charge in [0.05, 0.1) is 0 Å². The van der Waals surface area contributed by atoms with Crippen molar-refractivity contribution in [1.29, 1.82) is 0 Å². The zero-order valence-electron chi connectivity index (χ0n) is 18.5. The number of hydrogen-bond acceptors (Lipinski definition) is 8. The first-order valence-electron chi connectivity index (χ1n) is 8.62. The van der Waals surface area contributed by atoms with E-state index in [0.29, 0.717) is 12.8 Å². The SMILES string of the molecule is C=C(C)C(=O)OCC(CCCC)(COC(=O)C(=C)C)C(=O)OCCS(=O)(=O)O.[H-].[Na+]. The molecular formula is C18H29NaO9S. The first kappa shape index (κ1) is 30.0. The van der Waals surface area contributed by atoms with Gasteiger partial charge in [-0.05, 0) is 20.3 Å². The molecule has 9 nitrogen and oxygen atoms in total. The minimum Gasteiger partial charge on any atom is -1.00 e. The van der Waals surface area contributed by atoms with Crippen molar-refractivity contribution in [1.82, 2.24) is 0 Å². The molecule has 0 spiro atoms. The van der Waals surface area contributed by atoms with Crippen LogP contribution in [0.4, 0.5) is 0 Å². The van der Waals surface area contributed by atoms with Crippen molar-refractivity contribution in [3.8, 4) is 0 Å². The molecule has 0 fully saturated rings. The number of rotatable bonds is 13. The zero-order chi connectivity index (χ0) is 22.0. The molecule has 0 rings (SSSR count). The fourth-order valence-corrected chi connectivity index (χ4v) is 2.26. The molecule has 0 heterocycles. The van der Waals surface area contributed by atoms with E-state index in [2.05, 4.69) is 13.2 Å². The molecule has 0 amide bonds. The molecule has 0 aliphatic heterocycles. The summed E-state index contributed by atoms with van der Waals surface area (Å²) in [5.74, 6) is -3.18. The monoisotopic (exact) mass is 444 g/mol. The Bertz CT molecular complexity index is 689. The van der Waals surface area contributed by atoms with Crippen LogP contribution in [0.15, 0.2) is 24.3 Å². The van der Waals surface area contributed by atoms with Crippen LogP contribution in [0.1, 0.15) is 41.5 Å². The molecule has 0 saturated carbocycles. The van der Waals surface area contributed by atoms with Gasteiger partial charge < -0.3 is 15.6 Å². The van der Waals surface area contributed by atoms with Crippen LogP contribution in [-0.4, -0.2) is 56.5 Å². The van der Waals surface area contributed by atoms with Gasteiger partial charge in [-0.15, -0.1) is 0 Å². The number of hydrogen-bond donors (Lipinski definition) is 1.